The van der Waals surface area contributed by atoms with Gasteiger partial charge in [-0.25, -0.2) is 0 Å². The first kappa shape index (κ1) is 10.4. The minimum Gasteiger partial charge on any atom is -0.313 e. The van der Waals surface area contributed by atoms with Crippen molar-refractivity contribution in [3.63, 3.8) is 0 Å². The Kier molecular flexibility index (Phi) is 2.97. The van der Waals surface area contributed by atoms with Crippen molar-refractivity contribution in [1.82, 2.24) is 10.2 Å². The maximum atomic E-state index is 3.69. The lowest BCUT2D eigenvalue weighted by molar-refractivity contribution is -0.0151. The molecule has 0 saturated carbocycles. The van der Waals surface area contributed by atoms with Crippen LogP contribution >= 0.6 is 11.8 Å². The van der Waals surface area contributed by atoms with Crippen molar-refractivity contribution >= 4 is 11.8 Å². The van der Waals surface area contributed by atoms with Crippen molar-refractivity contribution in [2.75, 3.05) is 31.1 Å². The molecule has 1 spiro atoms. The molecule has 3 rings (SSSR count). The molecule has 1 unspecified atom stereocenters. The number of rotatable bonds is 0. The summed E-state index contributed by atoms with van der Waals surface area (Å²) in [6.07, 6.45) is 7.16. The lowest BCUT2D eigenvalue weighted by Crippen LogP contribution is -2.67. The first-order valence-corrected chi connectivity index (χ1v) is 7.61. The van der Waals surface area contributed by atoms with Crippen LogP contribution in [-0.4, -0.2) is 47.6 Å². The Bertz CT molecular complexity index is 218. The molecule has 3 heteroatoms. The van der Waals surface area contributed by atoms with Crippen molar-refractivity contribution in [3.8, 4) is 0 Å². The maximum Gasteiger partial charge on any atom is 0.0353 e. The molecule has 3 aliphatic rings. The van der Waals surface area contributed by atoms with Crippen LogP contribution in [0.5, 0.6) is 0 Å². The van der Waals surface area contributed by atoms with E-state index in [9.17, 15) is 0 Å². The van der Waals surface area contributed by atoms with Gasteiger partial charge >= 0.3 is 0 Å². The van der Waals surface area contributed by atoms with Crippen molar-refractivity contribution < 1.29 is 0 Å². The largest absolute Gasteiger partial charge is 0.313 e. The molecule has 0 aromatic rings. The summed E-state index contributed by atoms with van der Waals surface area (Å²) in [5.41, 5.74) is 0.550. The van der Waals surface area contributed by atoms with E-state index in [1.54, 1.807) is 0 Å². The fourth-order valence-corrected chi connectivity index (χ4v) is 4.88. The molecule has 3 fully saturated rings. The summed E-state index contributed by atoms with van der Waals surface area (Å²) in [5.74, 6) is 2.76. The molecule has 86 valence electrons. The van der Waals surface area contributed by atoms with Gasteiger partial charge in [0, 0.05) is 24.7 Å². The van der Waals surface area contributed by atoms with Crippen molar-refractivity contribution in [3.05, 3.63) is 0 Å². The van der Waals surface area contributed by atoms with E-state index >= 15 is 0 Å². The van der Waals surface area contributed by atoms with Crippen LogP contribution in [-0.2, 0) is 0 Å². The zero-order valence-electron chi connectivity index (χ0n) is 9.50. The Balaban J connectivity index is 1.79. The summed E-state index contributed by atoms with van der Waals surface area (Å²) >= 11 is 2.15. The topological polar surface area (TPSA) is 15.3 Å². The zero-order chi connectivity index (χ0) is 10.1. The van der Waals surface area contributed by atoms with E-state index in [0.717, 1.165) is 6.04 Å². The fourth-order valence-electron chi connectivity index (χ4n) is 3.63. The molecule has 2 nitrogen and oxygen atoms in total. The minimum atomic E-state index is 0.550. The smallest absolute Gasteiger partial charge is 0.0353 e. The number of hydrogen-bond donors (Lipinski definition) is 1. The number of thioether (sulfide) groups is 1. The Morgan fingerprint density at radius 3 is 2.93 bits per heavy atom. The number of nitrogens with one attached hydrogen (secondary N) is 1. The monoisotopic (exact) mass is 226 g/mol. The second-order valence-electron chi connectivity index (χ2n) is 5.31. The molecule has 1 N–H and O–H groups in total. The third-order valence-corrected chi connectivity index (χ3v) is 5.48. The molecular weight excluding hydrogens is 204 g/mol. The van der Waals surface area contributed by atoms with Crippen LogP contribution < -0.4 is 5.32 Å². The second-order valence-corrected chi connectivity index (χ2v) is 6.54. The number of piperazine rings is 1. The summed E-state index contributed by atoms with van der Waals surface area (Å²) in [4.78, 5) is 2.88. The van der Waals surface area contributed by atoms with E-state index in [2.05, 4.69) is 22.0 Å². The van der Waals surface area contributed by atoms with E-state index < -0.39 is 0 Å². The summed E-state index contributed by atoms with van der Waals surface area (Å²) in [7, 11) is 0. The van der Waals surface area contributed by atoms with Gasteiger partial charge in [-0.1, -0.05) is 6.42 Å². The van der Waals surface area contributed by atoms with Crippen LogP contribution in [0.3, 0.4) is 0 Å². The molecule has 3 heterocycles. The summed E-state index contributed by atoms with van der Waals surface area (Å²) in [6.45, 7) is 3.87. The van der Waals surface area contributed by atoms with E-state index in [0.29, 0.717) is 5.54 Å². The Morgan fingerprint density at radius 1 is 1.20 bits per heavy atom. The SMILES string of the molecule is C1CCN2C(C1)CNCC21CCSCC1. The third kappa shape index (κ3) is 1.83. The van der Waals surface area contributed by atoms with Gasteiger partial charge in [0.25, 0.3) is 0 Å². The summed E-state index contributed by atoms with van der Waals surface area (Å²) < 4.78 is 0. The quantitative estimate of drug-likeness (QED) is 0.677. The lowest BCUT2D eigenvalue weighted by Gasteiger charge is -2.55. The number of hydrogen-bond acceptors (Lipinski definition) is 3. The van der Waals surface area contributed by atoms with Gasteiger partial charge in [0.2, 0.25) is 0 Å². The highest BCUT2D eigenvalue weighted by molar-refractivity contribution is 7.99. The molecule has 3 aliphatic heterocycles. The van der Waals surface area contributed by atoms with Crippen LogP contribution in [0, 0.1) is 0 Å². The van der Waals surface area contributed by atoms with Crippen LogP contribution in [0.1, 0.15) is 32.1 Å². The Morgan fingerprint density at radius 2 is 2.07 bits per heavy atom. The predicted molar refractivity (Wildman–Crippen MR) is 66.5 cm³/mol. The summed E-state index contributed by atoms with van der Waals surface area (Å²) in [6, 6.07) is 0.857. The van der Waals surface area contributed by atoms with Crippen LogP contribution in [0.15, 0.2) is 0 Å². The molecule has 15 heavy (non-hydrogen) atoms. The number of nitrogens with zero attached hydrogens (tertiary/aromatic N) is 1. The minimum absolute atomic E-state index is 0.550. The standard InChI is InChI=1S/C12H22N2S/c1-2-6-14-11(3-1)9-13-10-12(14)4-7-15-8-5-12/h11,13H,1-10H2. The van der Waals surface area contributed by atoms with Crippen LogP contribution in [0.25, 0.3) is 0 Å². The van der Waals surface area contributed by atoms with Gasteiger partial charge < -0.3 is 5.32 Å². The molecule has 0 aliphatic carbocycles. The maximum absolute atomic E-state index is 3.69. The highest BCUT2D eigenvalue weighted by Crippen LogP contribution is 2.37. The van der Waals surface area contributed by atoms with Gasteiger partial charge in [-0.3, -0.25) is 4.90 Å². The molecular formula is C12H22N2S. The highest BCUT2D eigenvalue weighted by atomic mass is 32.2. The van der Waals surface area contributed by atoms with Gasteiger partial charge in [0.1, 0.15) is 0 Å². The molecule has 0 aromatic heterocycles. The van der Waals surface area contributed by atoms with Crippen molar-refractivity contribution in [1.29, 1.82) is 0 Å². The third-order valence-electron chi connectivity index (χ3n) is 4.49. The van der Waals surface area contributed by atoms with Gasteiger partial charge in [-0.2, -0.15) is 11.8 Å². The first-order chi connectivity index (χ1) is 7.41. The zero-order valence-corrected chi connectivity index (χ0v) is 10.3. The number of piperidine rings is 1. The number of fused-ring (bicyclic) bond motifs is 2. The highest BCUT2D eigenvalue weighted by Gasteiger charge is 2.44. The molecule has 0 radical (unpaired) electrons. The van der Waals surface area contributed by atoms with Crippen LogP contribution in [0.4, 0.5) is 0 Å². The Hall–Kier alpha value is 0.270. The summed E-state index contributed by atoms with van der Waals surface area (Å²) in [5, 5.41) is 3.69. The van der Waals surface area contributed by atoms with Gasteiger partial charge in [-0.05, 0) is 43.7 Å². The molecule has 0 bridgehead atoms. The Labute approximate surface area is 97.2 Å². The molecule has 1 atom stereocenters. The molecule has 0 amide bonds. The van der Waals surface area contributed by atoms with Gasteiger partial charge in [-0.15, -0.1) is 0 Å². The second kappa shape index (κ2) is 4.27. The van der Waals surface area contributed by atoms with E-state index in [-0.39, 0.29) is 0 Å². The fraction of sp³-hybridized carbons (Fsp3) is 1.00. The average molecular weight is 226 g/mol. The average Bonchev–Trinajstić information content (AvgIpc) is 2.31. The van der Waals surface area contributed by atoms with E-state index in [4.69, 9.17) is 0 Å². The van der Waals surface area contributed by atoms with E-state index in [1.165, 1.54) is 63.2 Å². The van der Waals surface area contributed by atoms with Crippen molar-refractivity contribution in [2.45, 2.75) is 43.7 Å². The molecule has 3 saturated heterocycles. The first-order valence-electron chi connectivity index (χ1n) is 6.46. The van der Waals surface area contributed by atoms with Gasteiger partial charge in [0.15, 0.2) is 0 Å². The lowest BCUT2D eigenvalue weighted by atomic mass is 9.83. The molecule has 0 aromatic carbocycles. The van der Waals surface area contributed by atoms with Gasteiger partial charge in [0.05, 0.1) is 0 Å². The predicted octanol–water partition coefficient (Wildman–Crippen LogP) is 1.71. The van der Waals surface area contributed by atoms with Crippen LogP contribution in [0.2, 0.25) is 0 Å². The van der Waals surface area contributed by atoms with Crippen molar-refractivity contribution in [2.24, 2.45) is 0 Å². The van der Waals surface area contributed by atoms with E-state index in [1.807, 2.05) is 0 Å². The normalized spacial score (nSPS) is 36.4.